The Morgan fingerprint density at radius 3 is 2.10 bits per heavy atom. The molecule has 1 fully saturated rings. The molecular weight excluding hydrogens is 576 g/mol. The van der Waals surface area contributed by atoms with Gasteiger partial charge in [-0.1, -0.05) is 0 Å². The van der Waals surface area contributed by atoms with Crippen molar-refractivity contribution >= 4 is 59.1 Å². The van der Waals surface area contributed by atoms with E-state index in [9.17, 15) is 38.4 Å². The number of amides is 7. The molecule has 17 nitrogen and oxygen atoms in total. The second-order valence-electron chi connectivity index (χ2n) is 9.65. The molecule has 18 heteroatoms. The molecule has 5 unspecified atom stereocenters. The van der Waals surface area contributed by atoms with Crippen LogP contribution in [0.3, 0.4) is 0 Å². The fourth-order valence-electron chi connectivity index (χ4n) is 3.88. The van der Waals surface area contributed by atoms with Crippen molar-refractivity contribution < 1.29 is 43.5 Å². The molecule has 1 aliphatic heterocycles. The van der Waals surface area contributed by atoms with Gasteiger partial charge in [0.1, 0.15) is 30.7 Å². The van der Waals surface area contributed by atoms with Crippen LogP contribution in [0.2, 0.25) is 0 Å². The lowest BCUT2D eigenvalue weighted by Gasteiger charge is -2.26. The van der Waals surface area contributed by atoms with E-state index in [1.807, 2.05) is 11.6 Å². The van der Waals surface area contributed by atoms with E-state index in [-0.39, 0.29) is 13.1 Å². The average Bonchev–Trinajstić information content (AvgIpc) is 3.42. The van der Waals surface area contributed by atoms with Crippen LogP contribution in [-0.4, -0.2) is 119 Å². The zero-order chi connectivity index (χ0) is 32.0. The average molecular weight is 617 g/mol. The van der Waals surface area contributed by atoms with Crippen molar-refractivity contribution in [3.63, 3.8) is 0 Å². The van der Waals surface area contributed by atoms with Gasteiger partial charge in [-0.25, -0.2) is 0 Å². The molecule has 5 atom stereocenters. The van der Waals surface area contributed by atoms with Gasteiger partial charge in [0, 0.05) is 6.54 Å². The van der Waals surface area contributed by atoms with E-state index in [2.05, 4.69) is 21.3 Å². The lowest BCUT2D eigenvalue weighted by atomic mass is 10.1. The van der Waals surface area contributed by atoms with Crippen molar-refractivity contribution in [3.05, 3.63) is 0 Å². The van der Waals surface area contributed by atoms with Gasteiger partial charge in [0.2, 0.25) is 41.4 Å². The second-order valence-corrected chi connectivity index (χ2v) is 10.6. The summed E-state index contributed by atoms with van der Waals surface area (Å²) in [6, 6.07) is -5.45. The Morgan fingerprint density at radius 1 is 0.905 bits per heavy atom. The highest BCUT2D eigenvalue weighted by molar-refractivity contribution is 7.98. The molecule has 1 saturated heterocycles. The van der Waals surface area contributed by atoms with Gasteiger partial charge in [-0.05, 0) is 45.1 Å². The first-order valence-corrected chi connectivity index (χ1v) is 14.6. The fourth-order valence-corrected chi connectivity index (χ4v) is 4.37. The zero-order valence-corrected chi connectivity index (χ0v) is 24.6. The number of primary amides is 1. The summed E-state index contributed by atoms with van der Waals surface area (Å²) in [5.41, 5.74) is 10.9. The van der Waals surface area contributed by atoms with Crippen molar-refractivity contribution in [2.45, 2.75) is 69.7 Å². The topological polar surface area (TPSA) is 272 Å². The van der Waals surface area contributed by atoms with Crippen molar-refractivity contribution in [2.75, 3.05) is 31.6 Å². The zero-order valence-electron chi connectivity index (χ0n) is 23.8. The molecule has 1 heterocycles. The number of carbonyl (C=O) groups excluding carboxylic acids is 7. The van der Waals surface area contributed by atoms with E-state index >= 15 is 0 Å². The van der Waals surface area contributed by atoms with Crippen molar-refractivity contribution in [1.82, 2.24) is 31.5 Å². The molecule has 0 aromatic heterocycles. The van der Waals surface area contributed by atoms with Crippen LogP contribution in [-0.2, 0) is 38.4 Å². The minimum atomic E-state index is -1.48. The highest BCUT2D eigenvalue weighted by Gasteiger charge is 2.35. The van der Waals surface area contributed by atoms with E-state index in [4.69, 9.17) is 16.6 Å². The van der Waals surface area contributed by atoms with Crippen LogP contribution < -0.4 is 38.1 Å². The smallest absolute Gasteiger partial charge is 0.322 e. The SMILES string of the molecule is CSCCC(N)C(=O)NCC(=O)N1CCCC1C(=O)NC(C)C(=O)NC(C)C(=O)NC(CC(N)=O)C(=O)NCC(=O)O. The number of nitrogens with one attached hydrogen (secondary N) is 5. The van der Waals surface area contributed by atoms with E-state index in [1.165, 1.54) is 30.5 Å². The minimum Gasteiger partial charge on any atom is -0.480 e. The van der Waals surface area contributed by atoms with Crippen molar-refractivity contribution in [3.8, 4) is 0 Å². The normalized spacial score (nSPS) is 17.1. The number of aliphatic carboxylic acids is 1. The monoisotopic (exact) mass is 616 g/mol. The number of nitrogens with zero attached hydrogens (tertiary/aromatic N) is 1. The van der Waals surface area contributed by atoms with Gasteiger partial charge in [0.15, 0.2) is 0 Å². The molecule has 10 N–H and O–H groups in total. The maximum Gasteiger partial charge on any atom is 0.322 e. The van der Waals surface area contributed by atoms with Gasteiger partial charge in [-0.3, -0.25) is 38.4 Å². The van der Waals surface area contributed by atoms with E-state index in [0.717, 1.165) is 0 Å². The standard InChI is InChI=1S/C24H40N8O9S/c1-12(20(37)29-13(2)21(38)31-15(9-17(26)33)23(40)28-11-19(35)36)30-24(41)16-5-4-7-32(16)18(34)10-27-22(39)14(25)6-8-42-3/h12-16H,4-11,25H2,1-3H3,(H2,26,33)(H,27,39)(H,28,40)(H,29,37)(H,30,41)(H,31,38)(H,35,36). The highest BCUT2D eigenvalue weighted by Crippen LogP contribution is 2.17. The van der Waals surface area contributed by atoms with Crippen LogP contribution in [0.5, 0.6) is 0 Å². The Bertz CT molecular complexity index is 1040. The molecular formula is C24H40N8O9S. The summed E-state index contributed by atoms with van der Waals surface area (Å²) in [5.74, 6) is -5.72. The molecule has 236 valence electrons. The Kier molecular flexibility index (Phi) is 15.3. The van der Waals surface area contributed by atoms with Crippen LogP contribution in [0.4, 0.5) is 0 Å². The predicted molar refractivity (Wildman–Crippen MR) is 150 cm³/mol. The number of carbonyl (C=O) groups is 8. The van der Waals surface area contributed by atoms with Crippen LogP contribution >= 0.6 is 11.8 Å². The molecule has 1 rings (SSSR count). The summed E-state index contributed by atoms with van der Waals surface area (Å²) in [6.45, 7) is 1.86. The second kappa shape index (κ2) is 17.8. The summed E-state index contributed by atoms with van der Waals surface area (Å²) in [4.78, 5) is 98.3. The third kappa shape index (κ3) is 12.3. The van der Waals surface area contributed by atoms with Crippen LogP contribution in [0, 0.1) is 0 Å². The van der Waals surface area contributed by atoms with E-state index < -0.39 is 90.5 Å². The summed E-state index contributed by atoms with van der Waals surface area (Å²) >= 11 is 1.54. The summed E-state index contributed by atoms with van der Waals surface area (Å²) in [5, 5.41) is 20.3. The maximum absolute atomic E-state index is 12.9. The number of carboxylic acids is 1. The number of hydrogen-bond donors (Lipinski definition) is 8. The number of rotatable bonds is 17. The molecule has 42 heavy (non-hydrogen) atoms. The van der Waals surface area contributed by atoms with Gasteiger partial charge < -0.3 is 48.1 Å². The van der Waals surface area contributed by atoms with Crippen LogP contribution in [0.1, 0.15) is 39.5 Å². The highest BCUT2D eigenvalue weighted by atomic mass is 32.2. The minimum absolute atomic E-state index is 0.287. The largest absolute Gasteiger partial charge is 0.480 e. The van der Waals surface area contributed by atoms with Crippen LogP contribution in [0.25, 0.3) is 0 Å². The third-order valence-corrected chi connectivity index (χ3v) is 6.86. The van der Waals surface area contributed by atoms with Crippen molar-refractivity contribution in [1.29, 1.82) is 0 Å². The van der Waals surface area contributed by atoms with Crippen molar-refractivity contribution in [2.24, 2.45) is 11.5 Å². The molecule has 0 aromatic rings. The first-order chi connectivity index (χ1) is 19.7. The van der Waals surface area contributed by atoms with Crippen LogP contribution in [0.15, 0.2) is 0 Å². The first-order valence-electron chi connectivity index (χ1n) is 13.2. The quantitative estimate of drug-likeness (QED) is 0.0775. The Balaban J connectivity index is 2.66. The van der Waals surface area contributed by atoms with Gasteiger partial charge >= 0.3 is 5.97 Å². The molecule has 0 aromatic carbocycles. The number of nitrogens with two attached hydrogens (primary N) is 2. The number of likely N-dealkylation sites (tertiary alicyclic amines) is 1. The summed E-state index contributed by atoms with van der Waals surface area (Å²) in [6.07, 6.45) is 2.60. The molecule has 7 amide bonds. The number of thioether (sulfide) groups is 1. The predicted octanol–water partition coefficient (Wildman–Crippen LogP) is -4.26. The summed E-state index contributed by atoms with van der Waals surface area (Å²) in [7, 11) is 0. The number of hydrogen-bond acceptors (Lipinski definition) is 10. The maximum atomic E-state index is 12.9. The molecule has 0 saturated carbocycles. The molecule has 1 aliphatic rings. The van der Waals surface area contributed by atoms with Gasteiger partial charge in [0.25, 0.3) is 0 Å². The first kappa shape index (κ1) is 36.1. The van der Waals surface area contributed by atoms with E-state index in [1.54, 1.807) is 0 Å². The molecule has 0 radical (unpaired) electrons. The lowest BCUT2D eigenvalue weighted by Crippen LogP contribution is -2.57. The number of carboxylic acid groups (broad SMARTS) is 1. The lowest BCUT2D eigenvalue weighted by molar-refractivity contribution is -0.140. The van der Waals surface area contributed by atoms with Gasteiger partial charge in [-0.15, -0.1) is 0 Å². The van der Waals surface area contributed by atoms with E-state index in [0.29, 0.717) is 25.0 Å². The molecule has 0 bridgehead atoms. The Hall–Kier alpha value is -3.93. The Labute approximate surface area is 247 Å². The summed E-state index contributed by atoms with van der Waals surface area (Å²) < 4.78 is 0. The van der Waals surface area contributed by atoms with Gasteiger partial charge in [0.05, 0.1) is 19.0 Å². The van der Waals surface area contributed by atoms with Gasteiger partial charge in [-0.2, -0.15) is 11.8 Å². The Morgan fingerprint density at radius 2 is 1.50 bits per heavy atom. The third-order valence-electron chi connectivity index (χ3n) is 6.22. The molecule has 0 spiro atoms. The fraction of sp³-hybridized carbons (Fsp3) is 0.667. The molecule has 0 aliphatic carbocycles.